The molecule has 3 aromatic rings. The maximum absolute atomic E-state index is 14.6. The van der Waals surface area contributed by atoms with Crippen molar-refractivity contribution in [1.82, 2.24) is 4.98 Å². The third kappa shape index (κ3) is 4.74. The SMILES string of the molecule is Cc1nc(N2CCC(O)CC2)ccc1-c1ccc(F)c(COc2ccc3c(c2)CC(C)C3)c1. The Bertz CT molecular complexity index is 1150. The lowest BCUT2D eigenvalue weighted by molar-refractivity contribution is 0.145. The van der Waals surface area contributed by atoms with Crippen LogP contribution in [0.15, 0.2) is 48.5 Å². The molecule has 5 heteroatoms. The summed E-state index contributed by atoms with van der Waals surface area (Å²) in [5, 5.41) is 9.75. The molecule has 2 aliphatic rings. The topological polar surface area (TPSA) is 45.6 Å². The largest absolute Gasteiger partial charge is 0.489 e. The molecule has 4 nitrogen and oxygen atoms in total. The van der Waals surface area contributed by atoms with Gasteiger partial charge >= 0.3 is 0 Å². The highest BCUT2D eigenvalue weighted by molar-refractivity contribution is 5.68. The summed E-state index contributed by atoms with van der Waals surface area (Å²) in [6.45, 7) is 6.07. The van der Waals surface area contributed by atoms with E-state index >= 15 is 0 Å². The fourth-order valence-corrected chi connectivity index (χ4v) is 5.04. The maximum atomic E-state index is 14.6. The first-order valence-electron chi connectivity index (χ1n) is 11.9. The summed E-state index contributed by atoms with van der Waals surface area (Å²) in [7, 11) is 0. The maximum Gasteiger partial charge on any atom is 0.129 e. The fourth-order valence-electron chi connectivity index (χ4n) is 5.04. The quantitative estimate of drug-likeness (QED) is 0.564. The van der Waals surface area contributed by atoms with Crippen molar-refractivity contribution < 1.29 is 14.2 Å². The highest BCUT2D eigenvalue weighted by Gasteiger charge is 2.20. The smallest absolute Gasteiger partial charge is 0.129 e. The van der Waals surface area contributed by atoms with Crippen LogP contribution in [0.3, 0.4) is 0 Å². The van der Waals surface area contributed by atoms with Crippen LogP contribution in [0.1, 0.15) is 42.1 Å². The number of benzene rings is 2. The van der Waals surface area contributed by atoms with Crippen molar-refractivity contribution >= 4 is 5.82 Å². The van der Waals surface area contributed by atoms with Crippen molar-refractivity contribution in [3.63, 3.8) is 0 Å². The summed E-state index contributed by atoms with van der Waals surface area (Å²) in [4.78, 5) is 7.02. The predicted molar refractivity (Wildman–Crippen MR) is 129 cm³/mol. The Hall–Kier alpha value is -2.92. The second-order valence-electron chi connectivity index (χ2n) is 9.56. The van der Waals surface area contributed by atoms with Gasteiger partial charge in [-0.1, -0.05) is 19.1 Å². The van der Waals surface area contributed by atoms with E-state index in [0.29, 0.717) is 11.5 Å². The van der Waals surface area contributed by atoms with Crippen molar-refractivity contribution in [1.29, 1.82) is 0 Å². The minimum atomic E-state index is -0.261. The van der Waals surface area contributed by atoms with Crippen LogP contribution in [0.2, 0.25) is 0 Å². The number of aliphatic hydroxyl groups excluding tert-OH is 1. The van der Waals surface area contributed by atoms with Gasteiger partial charge in [0.15, 0.2) is 0 Å². The number of piperidine rings is 1. The molecule has 1 aliphatic heterocycles. The van der Waals surface area contributed by atoms with Gasteiger partial charge in [-0.3, -0.25) is 0 Å². The van der Waals surface area contributed by atoms with E-state index in [0.717, 1.165) is 67.2 Å². The number of nitrogens with zero attached hydrogens (tertiary/aromatic N) is 2. The molecule has 0 bridgehead atoms. The standard InChI is InChI=1S/C28H31FN2O2/c1-18-13-20-3-5-25(16-22(20)14-18)33-17-23-15-21(4-7-27(23)29)26-6-8-28(30-19(26)2)31-11-9-24(32)10-12-31/h3-8,15-16,18,24,32H,9-14,17H2,1-2H3. The highest BCUT2D eigenvalue weighted by atomic mass is 19.1. The van der Waals surface area contributed by atoms with E-state index in [4.69, 9.17) is 9.72 Å². The number of halogens is 1. The average molecular weight is 447 g/mol. The molecule has 172 valence electrons. The predicted octanol–water partition coefficient (Wildman–Crippen LogP) is 5.47. The molecule has 0 spiro atoms. The first-order chi connectivity index (χ1) is 16.0. The number of hydrogen-bond donors (Lipinski definition) is 1. The van der Waals surface area contributed by atoms with Crippen LogP contribution >= 0.6 is 0 Å². The van der Waals surface area contributed by atoms with Crippen LogP contribution in [0.5, 0.6) is 5.75 Å². The summed E-state index contributed by atoms with van der Waals surface area (Å²) < 4.78 is 20.6. The van der Waals surface area contributed by atoms with Crippen LogP contribution in [-0.2, 0) is 19.4 Å². The molecule has 1 aliphatic carbocycles. The number of rotatable bonds is 5. The summed E-state index contributed by atoms with van der Waals surface area (Å²) in [6.07, 6.45) is 3.54. The molecule has 1 fully saturated rings. The number of pyridine rings is 1. The van der Waals surface area contributed by atoms with Gasteiger partial charge in [0.1, 0.15) is 24.0 Å². The molecule has 33 heavy (non-hydrogen) atoms. The van der Waals surface area contributed by atoms with Crippen molar-refractivity contribution in [2.75, 3.05) is 18.0 Å². The summed E-state index contributed by atoms with van der Waals surface area (Å²) >= 11 is 0. The van der Waals surface area contributed by atoms with Crippen LogP contribution in [0, 0.1) is 18.7 Å². The minimum absolute atomic E-state index is 0.189. The molecule has 1 saturated heterocycles. The van der Waals surface area contributed by atoms with Crippen molar-refractivity contribution in [2.24, 2.45) is 5.92 Å². The molecule has 1 unspecified atom stereocenters. The van der Waals surface area contributed by atoms with E-state index in [1.165, 1.54) is 17.2 Å². The lowest BCUT2D eigenvalue weighted by Crippen LogP contribution is -2.36. The number of aromatic nitrogens is 1. The van der Waals surface area contributed by atoms with Gasteiger partial charge in [0, 0.05) is 29.9 Å². The molecule has 1 N–H and O–H groups in total. The summed E-state index contributed by atoms with van der Waals surface area (Å²) in [5.74, 6) is 2.14. The van der Waals surface area contributed by atoms with E-state index in [1.807, 2.05) is 25.1 Å². The van der Waals surface area contributed by atoms with Gasteiger partial charge in [-0.15, -0.1) is 0 Å². The minimum Gasteiger partial charge on any atom is -0.489 e. The van der Waals surface area contributed by atoms with Gasteiger partial charge in [0.2, 0.25) is 0 Å². The lowest BCUT2D eigenvalue weighted by Gasteiger charge is -2.30. The fraction of sp³-hybridized carbons (Fsp3) is 0.393. The Morgan fingerprint density at radius 2 is 1.82 bits per heavy atom. The first kappa shape index (κ1) is 21.9. The molecule has 5 rings (SSSR count). The monoisotopic (exact) mass is 446 g/mol. The van der Waals surface area contributed by atoms with Gasteiger partial charge in [0.05, 0.1) is 6.10 Å². The van der Waals surface area contributed by atoms with Gasteiger partial charge in [-0.25, -0.2) is 9.37 Å². The zero-order valence-electron chi connectivity index (χ0n) is 19.4. The Kier molecular flexibility index (Phi) is 6.07. The Morgan fingerprint density at radius 3 is 2.61 bits per heavy atom. The molecule has 2 heterocycles. The molecule has 2 aromatic carbocycles. The van der Waals surface area contributed by atoms with Gasteiger partial charge in [0.25, 0.3) is 0 Å². The highest BCUT2D eigenvalue weighted by Crippen LogP contribution is 2.31. The van der Waals surface area contributed by atoms with Crippen molar-refractivity contribution in [3.8, 4) is 16.9 Å². The van der Waals surface area contributed by atoms with Gasteiger partial charge in [-0.2, -0.15) is 0 Å². The summed E-state index contributed by atoms with van der Waals surface area (Å²) in [5.41, 5.74) is 6.11. The molecule has 1 aromatic heterocycles. The number of fused-ring (bicyclic) bond motifs is 1. The number of ether oxygens (including phenoxy) is 1. The van der Waals surface area contributed by atoms with Crippen LogP contribution in [-0.4, -0.2) is 29.3 Å². The molecule has 0 radical (unpaired) electrons. The third-order valence-corrected chi connectivity index (χ3v) is 6.93. The van der Waals surface area contributed by atoms with E-state index in [9.17, 15) is 9.50 Å². The van der Waals surface area contributed by atoms with Crippen molar-refractivity contribution in [3.05, 3.63) is 76.7 Å². The average Bonchev–Trinajstić information content (AvgIpc) is 3.18. The second kappa shape index (κ2) is 9.14. The van der Waals surface area contributed by atoms with E-state index in [2.05, 4.69) is 30.0 Å². The second-order valence-corrected chi connectivity index (χ2v) is 9.56. The first-order valence-corrected chi connectivity index (χ1v) is 11.9. The molecular formula is C28H31FN2O2. The number of aryl methyl sites for hydroxylation is 1. The number of hydrogen-bond acceptors (Lipinski definition) is 4. The zero-order chi connectivity index (χ0) is 22.9. The van der Waals surface area contributed by atoms with E-state index < -0.39 is 0 Å². The van der Waals surface area contributed by atoms with Crippen LogP contribution in [0.25, 0.3) is 11.1 Å². The Labute approximate surface area is 195 Å². The normalized spacial score (nSPS) is 18.4. The molecule has 1 atom stereocenters. The van der Waals surface area contributed by atoms with Gasteiger partial charge in [-0.05, 0) is 91.6 Å². The Balaban J connectivity index is 1.32. The van der Waals surface area contributed by atoms with Crippen LogP contribution in [0.4, 0.5) is 10.2 Å². The Morgan fingerprint density at radius 1 is 1.03 bits per heavy atom. The van der Waals surface area contributed by atoms with Crippen molar-refractivity contribution in [2.45, 2.75) is 52.2 Å². The molecule has 0 saturated carbocycles. The third-order valence-electron chi connectivity index (χ3n) is 6.93. The lowest BCUT2D eigenvalue weighted by atomic mass is 10.0. The zero-order valence-corrected chi connectivity index (χ0v) is 19.4. The van der Waals surface area contributed by atoms with E-state index in [-0.39, 0.29) is 18.5 Å². The van der Waals surface area contributed by atoms with Gasteiger partial charge < -0.3 is 14.7 Å². The number of anilines is 1. The molecular weight excluding hydrogens is 415 g/mol. The summed E-state index contributed by atoms with van der Waals surface area (Å²) in [6, 6.07) is 15.5. The molecule has 0 amide bonds. The van der Waals surface area contributed by atoms with Crippen LogP contribution < -0.4 is 9.64 Å². The van der Waals surface area contributed by atoms with E-state index in [1.54, 1.807) is 6.07 Å². The number of aliphatic hydroxyl groups is 1.